The van der Waals surface area contributed by atoms with E-state index in [-0.39, 0.29) is 0 Å². The Balaban J connectivity index is 2.83. The minimum atomic E-state index is -1.96. The SMILES string of the molecule is CC1OC1(C(=O)O)C(=O)O. The molecule has 0 aromatic carbocycles. The fourth-order valence-electron chi connectivity index (χ4n) is 0.785. The van der Waals surface area contributed by atoms with E-state index in [2.05, 4.69) is 4.74 Å². The first kappa shape index (κ1) is 7.01. The fourth-order valence-corrected chi connectivity index (χ4v) is 0.785. The molecule has 1 unspecified atom stereocenters. The van der Waals surface area contributed by atoms with Gasteiger partial charge in [-0.25, -0.2) is 9.59 Å². The Hall–Kier alpha value is -1.10. The summed E-state index contributed by atoms with van der Waals surface area (Å²) in [4.78, 5) is 20.5. The summed E-state index contributed by atoms with van der Waals surface area (Å²) in [5.41, 5.74) is -1.96. The lowest BCUT2D eigenvalue weighted by Gasteiger charge is -1.96. The summed E-state index contributed by atoms with van der Waals surface area (Å²) in [6.07, 6.45) is -0.720. The van der Waals surface area contributed by atoms with Gasteiger partial charge >= 0.3 is 11.9 Å². The zero-order valence-electron chi connectivity index (χ0n) is 5.20. The zero-order chi connectivity index (χ0) is 7.94. The molecule has 1 saturated heterocycles. The molecule has 0 aliphatic carbocycles. The minimum absolute atomic E-state index is 0.720. The van der Waals surface area contributed by atoms with Crippen LogP contribution < -0.4 is 0 Å². The van der Waals surface area contributed by atoms with Gasteiger partial charge in [-0.2, -0.15) is 0 Å². The summed E-state index contributed by atoms with van der Waals surface area (Å²) in [7, 11) is 0. The van der Waals surface area contributed by atoms with Gasteiger partial charge in [0.1, 0.15) is 6.10 Å². The number of hydrogen-bond acceptors (Lipinski definition) is 3. The van der Waals surface area contributed by atoms with Gasteiger partial charge in [-0.3, -0.25) is 0 Å². The van der Waals surface area contributed by atoms with E-state index >= 15 is 0 Å². The lowest BCUT2D eigenvalue weighted by Crippen LogP contribution is -2.35. The number of hydrogen-bond donors (Lipinski definition) is 2. The van der Waals surface area contributed by atoms with Crippen molar-refractivity contribution in [1.29, 1.82) is 0 Å². The van der Waals surface area contributed by atoms with Crippen LogP contribution in [0.5, 0.6) is 0 Å². The molecule has 1 heterocycles. The smallest absolute Gasteiger partial charge is 0.350 e. The molecule has 0 aromatic heterocycles. The van der Waals surface area contributed by atoms with E-state index in [9.17, 15) is 9.59 Å². The van der Waals surface area contributed by atoms with Gasteiger partial charge in [0.05, 0.1) is 0 Å². The number of epoxide rings is 1. The van der Waals surface area contributed by atoms with Crippen molar-refractivity contribution in [2.75, 3.05) is 0 Å². The third-order valence-corrected chi connectivity index (χ3v) is 1.51. The Labute approximate surface area is 56.2 Å². The highest BCUT2D eigenvalue weighted by molar-refractivity contribution is 6.05. The Bertz CT molecular complexity index is 182. The van der Waals surface area contributed by atoms with E-state index in [1.807, 2.05) is 0 Å². The van der Waals surface area contributed by atoms with Crippen LogP contribution in [-0.2, 0) is 14.3 Å². The number of aliphatic carboxylic acids is 2. The Morgan fingerprint density at radius 2 is 1.70 bits per heavy atom. The van der Waals surface area contributed by atoms with Crippen molar-refractivity contribution >= 4 is 11.9 Å². The molecule has 0 bridgehead atoms. The maximum atomic E-state index is 10.2. The number of ether oxygens (including phenoxy) is 1. The van der Waals surface area contributed by atoms with Crippen molar-refractivity contribution in [2.24, 2.45) is 0 Å². The van der Waals surface area contributed by atoms with Gasteiger partial charge < -0.3 is 14.9 Å². The molecule has 1 aliphatic rings. The van der Waals surface area contributed by atoms with Crippen LogP contribution in [-0.4, -0.2) is 33.9 Å². The van der Waals surface area contributed by atoms with Crippen molar-refractivity contribution in [1.82, 2.24) is 0 Å². The van der Waals surface area contributed by atoms with Crippen LogP contribution in [0.2, 0.25) is 0 Å². The maximum absolute atomic E-state index is 10.2. The van der Waals surface area contributed by atoms with Gasteiger partial charge in [-0.05, 0) is 6.92 Å². The van der Waals surface area contributed by atoms with Crippen molar-refractivity contribution in [2.45, 2.75) is 18.6 Å². The molecule has 5 nitrogen and oxygen atoms in total. The lowest BCUT2D eigenvalue weighted by molar-refractivity contribution is -0.156. The maximum Gasteiger partial charge on any atom is 0.350 e. The van der Waals surface area contributed by atoms with Gasteiger partial charge in [-0.15, -0.1) is 0 Å². The predicted octanol–water partition coefficient (Wildman–Crippen LogP) is -0.687. The molecule has 5 heteroatoms. The monoisotopic (exact) mass is 146 g/mol. The van der Waals surface area contributed by atoms with E-state index in [1.165, 1.54) is 6.92 Å². The predicted molar refractivity (Wildman–Crippen MR) is 28.5 cm³/mol. The largest absolute Gasteiger partial charge is 0.479 e. The van der Waals surface area contributed by atoms with Crippen LogP contribution in [0.25, 0.3) is 0 Å². The van der Waals surface area contributed by atoms with E-state index in [0.29, 0.717) is 0 Å². The highest BCUT2D eigenvalue weighted by Crippen LogP contribution is 2.36. The second kappa shape index (κ2) is 1.69. The minimum Gasteiger partial charge on any atom is -0.479 e. The Kier molecular flexibility index (Phi) is 1.19. The topological polar surface area (TPSA) is 87.1 Å². The van der Waals surface area contributed by atoms with Crippen LogP contribution >= 0.6 is 0 Å². The molecular weight excluding hydrogens is 140 g/mol. The summed E-state index contributed by atoms with van der Waals surface area (Å²) in [5.74, 6) is -2.87. The second-order valence-electron chi connectivity index (χ2n) is 2.11. The van der Waals surface area contributed by atoms with Gasteiger partial charge in [0.25, 0.3) is 5.60 Å². The molecule has 0 aromatic rings. The third kappa shape index (κ3) is 0.607. The van der Waals surface area contributed by atoms with E-state index in [1.54, 1.807) is 0 Å². The van der Waals surface area contributed by atoms with E-state index in [0.717, 1.165) is 0 Å². The molecule has 0 spiro atoms. The summed E-state index contributed by atoms with van der Waals surface area (Å²) >= 11 is 0. The lowest BCUT2D eigenvalue weighted by atomic mass is 10.1. The number of carboxylic acids is 2. The normalized spacial score (nSPS) is 27.5. The van der Waals surface area contributed by atoms with Crippen molar-refractivity contribution in [3.8, 4) is 0 Å². The van der Waals surface area contributed by atoms with Gasteiger partial charge in [0.15, 0.2) is 0 Å². The van der Waals surface area contributed by atoms with Gasteiger partial charge in [0, 0.05) is 0 Å². The van der Waals surface area contributed by atoms with Crippen molar-refractivity contribution in [3.63, 3.8) is 0 Å². The van der Waals surface area contributed by atoms with Crippen LogP contribution in [0.15, 0.2) is 0 Å². The fraction of sp³-hybridized carbons (Fsp3) is 0.600. The molecule has 10 heavy (non-hydrogen) atoms. The van der Waals surface area contributed by atoms with Crippen LogP contribution in [0.3, 0.4) is 0 Å². The molecule has 1 rings (SSSR count). The van der Waals surface area contributed by atoms with Crippen LogP contribution in [0, 0.1) is 0 Å². The molecular formula is C5H6O5. The third-order valence-electron chi connectivity index (χ3n) is 1.51. The summed E-state index contributed by atoms with van der Waals surface area (Å²) < 4.78 is 4.43. The highest BCUT2D eigenvalue weighted by atomic mass is 16.7. The summed E-state index contributed by atoms with van der Waals surface area (Å²) in [6, 6.07) is 0. The van der Waals surface area contributed by atoms with Crippen molar-refractivity contribution < 1.29 is 24.5 Å². The molecule has 1 aliphatic heterocycles. The van der Waals surface area contributed by atoms with Gasteiger partial charge in [0.2, 0.25) is 0 Å². The molecule has 0 amide bonds. The zero-order valence-corrected chi connectivity index (χ0v) is 5.20. The number of carboxylic acid groups (broad SMARTS) is 2. The van der Waals surface area contributed by atoms with Crippen LogP contribution in [0.1, 0.15) is 6.92 Å². The second-order valence-corrected chi connectivity index (χ2v) is 2.11. The molecule has 2 N–H and O–H groups in total. The molecule has 0 radical (unpaired) electrons. The first-order chi connectivity index (χ1) is 4.51. The average molecular weight is 146 g/mol. The summed E-state index contributed by atoms with van der Waals surface area (Å²) in [6.45, 7) is 1.40. The molecule has 56 valence electrons. The van der Waals surface area contributed by atoms with Gasteiger partial charge in [-0.1, -0.05) is 0 Å². The summed E-state index contributed by atoms with van der Waals surface area (Å²) in [5, 5.41) is 16.7. The molecule has 1 fully saturated rings. The van der Waals surface area contributed by atoms with Crippen LogP contribution in [0.4, 0.5) is 0 Å². The molecule has 1 atom stereocenters. The first-order valence-electron chi connectivity index (χ1n) is 2.66. The quantitative estimate of drug-likeness (QED) is 0.397. The standard InChI is InChI=1S/C5H6O5/c1-2-5(10-2,3(6)7)4(8)9/h2H,1H3,(H,6,7)(H,8,9). The van der Waals surface area contributed by atoms with Crippen molar-refractivity contribution in [3.05, 3.63) is 0 Å². The highest BCUT2D eigenvalue weighted by Gasteiger charge is 2.67. The Morgan fingerprint density at radius 1 is 1.40 bits per heavy atom. The Morgan fingerprint density at radius 3 is 1.70 bits per heavy atom. The van der Waals surface area contributed by atoms with E-state index in [4.69, 9.17) is 10.2 Å². The number of rotatable bonds is 2. The average Bonchev–Trinajstić information content (AvgIpc) is 2.42. The number of carbonyl (C=O) groups is 2. The van der Waals surface area contributed by atoms with E-state index < -0.39 is 23.6 Å². The first-order valence-corrected chi connectivity index (χ1v) is 2.66. The molecule has 0 saturated carbocycles.